The summed E-state index contributed by atoms with van der Waals surface area (Å²) in [5.41, 5.74) is 7.14. The van der Waals surface area contributed by atoms with Crippen LogP contribution in [0.2, 0.25) is 0 Å². The van der Waals surface area contributed by atoms with Crippen molar-refractivity contribution in [2.45, 2.75) is 32.2 Å². The largest absolute Gasteiger partial charge is 0.395 e. The highest BCUT2D eigenvalue weighted by molar-refractivity contribution is 5.94. The molecule has 1 aromatic carbocycles. The second kappa shape index (κ2) is 10.7. The predicted molar refractivity (Wildman–Crippen MR) is 117 cm³/mol. The minimum Gasteiger partial charge on any atom is -0.395 e. The number of aliphatic hydroxyl groups is 1. The number of nitrogens with two attached hydrogens (primary N) is 1. The van der Waals surface area contributed by atoms with Gasteiger partial charge in [0.2, 0.25) is 11.8 Å². The highest BCUT2D eigenvalue weighted by Crippen LogP contribution is 2.24. The molecule has 0 aromatic heterocycles. The van der Waals surface area contributed by atoms with Crippen LogP contribution < -0.4 is 5.73 Å². The Morgan fingerprint density at radius 1 is 1.00 bits per heavy atom. The number of rotatable bonds is 7. The molecular formula is C23H34N4O4. The summed E-state index contributed by atoms with van der Waals surface area (Å²) in [7, 11) is 1.68. The Hall–Kier alpha value is -2.45. The van der Waals surface area contributed by atoms with Gasteiger partial charge in [0.25, 0.3) is 5.91 Å². The fourth-order valence-electron chi connectivity index (χ4n) is 4.46. The van der Waals surface area contributed by atoms with Gasteiger partial charge in [-0.2, -0.15) is 0 Å². The van der Waals surface area contributed by atoms with Gasteiger partial charge >= 0.3 is 0 Å². The monoisotopic (exact) mass is 430 g/mol. The molecule has 0 saturated carbocycles. The Labute approximate surface area is 184 Å². The Kier molecular flexibility index (Phi) is 8.03. The van der Waals surface area contributed by atoms with Gasteiger partial charge in [-0.15, -0.1) is 0 Å². The van der Waals surface area contributed by atoms with Gasteiger partial charge in [-0.05, 0) is 56.5 Å². The van der Waals surface area contributed by atoms with Crippen LogP contribution in [0.1, 0.15) is 41.6 Å². The van der Waals surface area contributed by atoms with Gasteiger partial charge in [0.1, 0.15) is 0 Å². The van der Waals surface area contributed by atoms with E-state index in [0.717, 1.165) is 38.0 Å². The maximum Gasteiger partial charge on any atom is 0.253 e. The normalized spacial score (nSPS) is 18.7. The molecule has 2 aliphatic heterocycles. The third kappa shape index (κ3) is 6.04. The standard InChI is InChI=1S/C23H34N4O4/c1-25(14-15-28)22(30)19-4-2-17(3-5-19)16-26-10-6-20(7-11-26)23(31)27-12-8-18(9-13-27)21(24)29/h2-5,18,20,28H,6-16H2,1H3,(H2,24,29). The fourth-order valence-corrected chi connectivity index (χ4v) is 4.46. The summed E-state index contributed by atoms with van der Waals surface area (Å²) in [4.78, 5) is 42.2. The van der Waals surface area contributed by atoms with Crippen molar-refractivity contribution in [3.63, 3.8) is 0 Å². The topological polar surface area (TPSA) is 107 Å². The molecular weight excluding hydrogens is 396 g/mol. The number of carbonyl (C=O) groups excluding carboxylic acids is 3. The van der Waals surface area contributed by atoms with Crippen molar-refractivity contribution >= 4 is 17.7 Å². The summed E-state index contributed by atoms with van der Waals surface area (Å²) in [6.07, 6.45) is 3.04. The average molecular weight is 431 g/mol. The summed E-state index contributed by atoms with van der Waals surface area (Å²) in [5, 5.41) is 8.98. The smallest absolute Gasteiger partial charge is 0.253 e. The number of benzene rings is 1. The van der Waals surface area contributed by atoms with Crippen molar-refractivity contribution in [3.8, 4) is 0 Å². The Morgan fingerprint density at radius 3 is 2.13 bits per heavy atom. The number of likely N-dealkylation sites (N-methyl/N-ethyl adjacent to an activating group) is 1. The number of likely N-dealkylation sites (tertiary alicyclic amines) is 2. The second-order valence-electron chi connectivity index (χ2n) is 8.70. The average Bonchev–Trinajstić information content (AvgIpc) is 2.79. The van der Waals surface area contributed by atoms with E-state index in [1.54, 1.807) is 7.05 Å². The van der Waals surface area contributed by atoms with E-state index in [4.69, 9.17) is 10.8 Å². The molecule has 8 nitrogen and oxygen atoms in total. The van der Waals surface area contributed by atoms with Crippen LogP contribution in [0.15, 0.2) is 24.3 Å². The number of hydrogen-bond donors (Lipinski definition) is 2. The summed E-state index contributed by atoms with van der Waals surface area (Å²) in [6, 6.07) is 7.61. The number of primary amides is 1. The number of piperidine rings is 2. The van der Waals surface area contributed by atoms with Crippen LogP contribution in [-0.2, 0) is 16.1 Å². The molecule has 0 spiro atoms. The van der Waals surface area contributed by atoms with Gasteiger partial charge in [-0.1, -0.05) is 12.1 Å². The van der Waals surface area contributed by atoms with Crippen molar-refractivity contribution in [3.05, 3.63) is 35.4 Å². The summed E-state index contributed by atoms with van der Waals surface area (Å²) < 4.78 is 0. The first kappa shape index (κ1) is 23.2. The van der Waals surface area contributed by atoms with E-state index in [-0.39, 0.29) is 36.2 Å². The Bertz CT molecular complexity index is 766. The van der Waals surface area contributed by atoms with Crippen molar-refractivity contribution in [2.24, 2.45) is 17.6 Å². The number of hydrogen-bond acceptors (Lipinski definition) is 5. The third-order valence-corrected chi connectivity index (χ3v) is 6.53. The highest BCUT2D eigenvalue weighted by Gasteiger charge is 2.32. The van der Waals surface area contributed by atoms with E-state index in [1.165, 1.54) is 4.90 Å². The minimum atomic E-state index is -0.255. The summed E-state index contributed by atoms with van der Waals surface area (Å²) in [6.45, 7) is 4.06. The molecule has 2 saturated heterocycles. The van der Waals surface area contributed by atoms with Gasteiger partial charge in [0.15, 0.2) is 0 Å². The van der Waals surface area contributed by atoms with E-state index >= 15 is 0 Å². The zero-order valence-electron chi connectivity index (χ0n) is 18.3. The Morgan fingerprint density at radius 2 is 1.58 bits per heavy atom. The van der Waals surface area contributed by atoms with Crippen LogP contribution in [0.4, 0.5) is 0 Å². The molecule has 2 heterocycles. The van der Waals surface area contributed by atoms with Crippen molar-refractivity contribution in [2.75, 3.05) is 46.4 Å². The lowest BCUT2D eigenvalue weighted by molar-refractivity contribution is -0.140. The molecule has 3 N–H and O–H groups in total. The molecule has 8 heteroatoms. The van der Waals surface area contributed by atoms with Gasteiger partial charge < -0.3 is 20.6 Å². The fraction of sp³-hybridized carbons (Fsp3) is 0.609. The first-order valence-electron chi connectivity index (χ1n) is 11.1. The molecule has 1 aromatic rings. The van der Waals surface area contributed by atoms with Gasteiger partial charge in [-0.3, -0.25) is 19.3 Å². The minimum absolute atomic E-state index is 0.0512. The molecule has 0 radical (unpaired) electrons. The number of carbonyl (C=O) groups is 3. The second-order valence-corrected chi connectivity index (χ2v) is 8.70. The zero-order chi connectivity index (χ0) is 22.4. The SMILES string of the molecule is CN(CCO)C(=O)c1ccc(CN2CCC(C(=O)N3CCC(C(N)=O)CC3)CC2)cc1. The van der Waals surface area contributed by atoms with E-state index < -0.39 is 0 Å². The van der Waals surface area contributed by atoms with Gasteiger partial charge in [0.05, 0.1) is 6.61 Å². The number of aliphatic hydroxyl groups excluding tert-OH is 1. The summed E-state index contributed by atoms with van der Waals surface area (Å²) >= 11 is 0. The highest BCUT2D eigenvalue weighted by atomic mass is 16.3. The van der Waals surface area contributed by atoms with Crippen LogP contribution >= 0.6 is 0 Å². The Balaban J connectivity index is 1.44. The molecule has 0 bridgehead atoms. The molecule has 170 valence electrons. The first-order valence-corrected chi connectivity index (χ1v) is 11.1. The predicted octanol–water partition coefficient (Wildman–Crippen LogP) is 0.687. The zero-order valence-corrected chi connectivity index (χ0v) is 18.3. The molecule has 2 aliphatic rings. The van der Waals surface area contributed by atoms with E-state index in [9.17, 15) is 14.4 Å². The van der Waals surface area contributed by atoms with Crippen molar-refractivity contribution in [1.82, 2.24) is 14.7 Å². The maximum atomic E-state index is 12.8. The number of nitrogens with zero attached hydrogens (tertiary/aromatic N) is 3. The van der Waals surface area contributed by atoms with Gasteiger partial charge in [-0.25, -0.2) is 0 Å². The molecule has 0 aliphatic carbocycles. The lowest BCUT2D eigenvalue weighted by atomic mass is 9.91. The quantitative estimate of drug-likeness (QED) is 0.662. The van der Waals surface area contributed by atoms with E-state index in [2.05, 4.69) is 4.90 Å². The molecule has 3 rings (SSSR count). The van der Waals surface area contributed by atoms with Gasteiger partial charge in [0, 0.05) is 50.6 Å². The molecule has 0 atom stereocenters. The molecule has 3 amide bonds. The molecule has 0 unspecified atom stereocenters. The number of amides is 3. The molecule has 31 heavy (non-hydrogen) atoms. The van der Waals surface area contributed by atoms with Crippen LogP contribution in [0.5, 0.6) is 0 Å². The van der Waals surface area contributed by atoms with Crippen LogP contribution in [-0.4, -0.2) is 83.9 Å². The maximum absolute atomic E-state index is 12.8. The van der Waals surface area contributed by atoms with Crippen LogP contribution in [0.25, 0.3) is 0 Å². The van der Waals surface area contributed by atoms with Crippen molar-refractivity contribution in [1.29, 1.82) is 0 Å². The van der Waals surface area contributed by atoms with E-state index in [0.29, 0.717) is 38.0 Å². The van der Waals surface area contributed by atoms with Crippen molar-refractivity contribution < 1.29 is 19.5 Å². The molecule has 2 fully saturated rings. The van der Waals surface area contributed by atoms with Crippen LogP contribution in [0, 0.1) is 11.8 Å². The van der Waals surface area contributed by atoms with E-state index in [1.807, 2.05) is 29.2 Å². The lowest BCUT2D eigenvalue weighted by Crippen LogP contribution is -2.46. The summed E-state index contributed by atoms with van der Waals surface area (Å²) in [5.74, 6) is -0.168. The lowest BCUT2D eigenvalue weighted by Gasteiger charge is -2.36. The van der Waals surface area contributed by atoms with Crippen LogP contribution in [0.3, 0.4) is 0 Å². The first-order chi connectivity index (χ1) is 14.9. The third-order valence-electron chi connectivity index (χ3n) is 6.53.